The van der Waals surface area contributed by atoms with Gasteiger partial charge in [-0.25, -0.2) is 14.2 Å². The van der Waals surface area contributed by atoms with Crippen LogP contribution in [0.1, 0.15) is 0 Å². The van der Waals surface area contributed by atoms with Crippen LogP contribution in [0.25, 0.3) is 0 Å². The van der Waals surface area contributed by atoms with Gasteiger partial charge in [0.25, 0.3) is 0 Å². The molecule has 0 atom stereocenters. The maximum Gasteiger partial charge on any atom is 0.466 e. The topological polar surface area (TPSA) is 205 Å². The van der Waals surface area contributed by atoms with Crippen LogP contribution in [0.5, 0.6) is 0 Å². The average molecular weight is 319 g/mol. The second kappa shape index (κ2) is 15.7. The molecule has 0 aromatic carbocycles. The van der Waals surface area contributed by atoms with E-state index in [1.807, 2.05) is 0 Å². The van der Waals surface area contributed by atoms with Gasteiger partial charge < -0.3 is 40.4 Å². The van der Waals surface area contributed by atoms with Crippen LogP contribution in [0.3, 0.4) is 0 Å². The maximum atomic E-state index is 9.55. The van der Waals surface area contributed by atoms with Gasteiger partial charge in [0.15, 0.2) is 0 Å². The summed E-state index contributed by atoms with van der Waals surface area (Å²) in [5.41, 5.74) is 0. The molecule has 8 N–H and O–H groups in total. The van der Waals surface area contributed by atoms with Gasteiger partial charge in [-0.05, 0) is 0 Å². The Labute approximate surface area is 114 Å². The minimum atomic E-state index is -4.64. The first-order valence-corrected chi connectivity index (χ1v) is 6.45. The van der Waals surface area contributed by atoms with Gasteiger partial charge in [0.05, 0.1) is 13.2 Å². The highest BCUT2D eigenvalue weighted by molar-refractivity contribution is 7.45. The SMILES string of the molecule is O=C(O)/C=C/C(=O)O.O=P(O)(O)O.OCCNCCO. The minimum absolute atomic E-state index is 0.139. The van der Waals surface area contributed by atoms with Gasteiger partial charge >= 0.3 is 19.8 Å². The molecule has 11 nitrogen and oxygen atoms in total. The van der Waals surface area contributed by atoms with Crippen LogP contribution in [0, 0.1) is 0 Å². The van der Waals surface area contributed by atoms with Crippen molar-refractivity contribution in [2.24, 2.45) is 0 Å². The minimum Gasteiger partial charge on any atom is -0.478 e. The summed E-state index contributed by atoms with van der Waals surface area (Å²) in [5, 5.41) is 34.7. The van der Waals surface area contributed by atoms with Gasteiger partial charge in [0.2, 0.25) is 0 Å². The number of aliphatic hydroxyl groups excluding tert-OH is 2. The zero-order chi connectivity index (χ0) is 16.6. The molecule has 0 aromatic rings. The Kier molecular flexibility index (Phi) is 18.7. The maximum absolute atomic E-state index is 9.55. The summed E-state index contributed by atoms with van der Waals surface area (Å²) in [4.78, 5) is 40.7. The third kappa shape index (κ3) is 69.6. The molecular formula is C8H18NO10P. The lowest BCUT2D eigenvalue weighted by molar-refractivity contribution is -0.134. The van der Waals surface area contributed by atoms with E-state index in [0.29, 0.717) is 25.2 Å². The first kappa shape index (κ1) is 23.7. The Hall–Kier alpha value is -1.33. The van der Waals surface area contributed by atoms with Crippen molar-refractivity contribution in [2.75, 3.05) is 26.3 Å². The number of phosphoric acid groups is 1. The van der Waals surface area contributed by atoms with Crippen LogP contribution >= 0.6 is 7.82 Å². The normalized spacial score (nSPS) is 10.1. The van der Waals surface area contributed by atoms with E-state index < -0.39 is 19.8 Å². The van der Waals surface area contributed by atoms with Crippen molar-refractivity contribution in [1.82, 2.24) is 5.32 Å². The molecule has 0 aromatic heterocycles. The second-order valence-corrected chi connectivity index (χ2v) is 3.75. The molecule has 0 saturated heterocycles. The van der Waals surface area contributed by atoms with Crippen LogP contribution in [0.4, 0.5) is 0 Å². The summed E-state index contributed by atoms with van der Waals surface area (Å²) in [6, 6.07) is 0. The number of hydrogen-bond acceptors (Lipinski definition) is 6. The quantitative estimate of drug-likeness (QED) is 0.144. The standard InChI is InChI=1S/C4H11NO2.C4H4O4.H3O4P/c6-3-1-5-2-4-7;5-3(6)1-2-4(7)8;1-5(2,3)4/h5-7H,1-4H2;1-2H,(H,5,6)(H,7,8);(H3,1,2,3,4)/b;2-1+;. The van der Waals surface area contributed by atoms with E-state index in [2.05, 4.69) is 5.32 Å². The summed E-state index contributed by atoms with van der Waals surface area (Å²) in [6.45, 7) is 1.42. The lowest BCUT2D eigenvalue weighted by Gasteiger charge is -1.94. The molecule has 0 aliphatic carbocycles. The van der Waals surface area contributed by atoms with Gasteiger partial charge in [-0.3, -0.25) is 0 Å². The number of carbonyl (C=O) groups is 2. The lowest BCUT2D eigenvalue weighted by Crippen LogP contribution is -2.21. The molecule has 0 spiro atoms. The number of carboxylic acid groups (broad SMARTS) is 2. The third-order valence-electron chi connectivity index (χ3n) is 0.946. The Morgan fingerprint density at radius 3 is 1.30 bits per heavy atom. The predicted molar refractivity (Wildman–Crippen MR) is 65.7 cm³/mol. The van der Waals surface area contributed by atoms with Crippen molar-refractivity contribution in [2.45, 2.75) is 0 Å². The monoisotopic (exact) mass is 319 g/mol. The summed E-state index contributed by atoms with van der Waals surface area (Å²) >= 11 is 0. The van der Waals surface area contributed by atoms with Crippen LogP contribution in [0.15, 0.2) is 12.2 Å². The summed E-state index contributed by atoms with van der Waals surface area (Å²) < 4.78 is 8.88. The third-order valence-corrected chi connectivity index (χ3v) is 0.946. The summed E-state index contributed by atoms with van der Waals surface area (Å²) in [5.74, 6) is -2.51. The van der Waals surface area contributed by atoms with E-state index in [9.17, 15) is 9.59 Å². The number of aliphatic carboxylic acids is 2. The van der Waals surface area contributed by atoms with Crippen molar-refractivity contribution in [3.05, 3.63) is 12.2 Å². The number of aliphatic hydroxyl groups is 2. The van der Waals surface area contributed by atoms with Crippen molar-refractivity contribution in [3.8, 4) is 0 Å². The van der Waals surface area contributed by atoms with Crippen molar-refractivity contribution >= 4 is 19.8 Å². The zero-order valence-corrected chi connectivity index (χ0v) is 11.2. The highest BCUT2D eigenvalue weighted by Crippen LogP contribution is 2.25. The Balaban J connectivity index is -0.000000223. The molecule has 0 aliphatic heterocycles. The molecule has 0 unspecified atom stereocenters. The van der Waals surface area contributed by atoms with E-state index in [4.69, 9.17) is 39.7 Å². The smallest absolute Gasteiger partial charge is 0.466 e. The molecule has 120 valence electrons. The predicted octanol–water partition coefficient (Wildman–Crippen LogP) is -2.66. The fourth-order valence-electron chi connectivity index (χ4n) is 0.426. The number of rotatable bonds is 6. The number of hydrogen-bond donors (Lipinski definition) is 8. The van der Waals surface area contributed by atoms with Gasteiger partial charge in [0.1, 0.15) is 0 Å². The highest BCUT2D eigenvalue weighted by atomic mass is 31.2. The molecule has 0 fully saturated rings. The summed E-state index contributed by atoms with van der Waals surface area (Å²) in [7, 11) is -4.64. The van der Waals surface area contributed by atoms with Crippen LogP contribution in [-0.2, 0) is 14.2 Å². The lowest BCUT2D eigenvalue weighted by atomic mass is 10.5. The van der Waals surface area contributed by atoms with Gasteiger partial charge in [-0.1, -0.05) is 0 Å². The van der Waals surface area contributed by atoms with Gasteiger partial charge in [-0.15, -0.1) is 0 Å². The van der Waals surface area contributed by atoms with Crippen molar-refractivity contribution in [3.63, 3.8) is 0 Å². The van der Waals surface area contributed by atoms with E-state index in [-0.39, 0.29) is 13.2 Å². The van der Waals surface area contributed by atoms with E-state index in [0.717, 1.165) is 0 Å². The van der Waals surface area contributed by atoms with E-state index in [1.54, 1.807) is 0 Å². The van der Waals surface area contributed by atoms with E-state index >= 15 is 0 Å². The Morgan fingerprint density at radius 2 is 1.15 bits per heavy atom. The number of nitrogens with one attached hydrogen (secondary N) is 1. The van der Waals surface area contributed by atoms with Gasteiger partial charge in [0, 0.05) is 25.2 Å². The first-order chi connectivity index (χ1) is 9.04. The molecule has 0 bridgehead atoms. The van der Waals surface area contributed by atoms with Crippen LogP contribution < -0.4 is 5.32 Å². The second-order valence-electron chi connectivity index (χ2n) is 2.72. The molecule has 0 amide bonds. The van der Waals surface area contributed by atoms with Crippen LogP contribution in [0.2, 0.25) is 0 Å². The molecule has 0 radical (unpaired) electrons. The molecule has 20 heavy (non-hydrogen) atoms. The molecular weight excluding hydrogens is 301 g/mol. The van der Waals surface area contributed by atoms with Crippen LogP contribution in [-0.4, -0.2) is 73.3 Å². The fourth-order valence-corrected chi connectivity index (χ4v) is 0.426. The highest BCUT2D eigenvalue weighted by Gasteiger charge is 2.00. The molecule has 0 aliphatic rings. The molecule has 0 saturated carbocycles. The van der Waals surface area contributed by atoms with Crippen molar-refractivity contribution in [1.29, 1.82) is 0 Å². The molecule has 0 rings (SSSR count). The molecule has 12 heteroatoms. The van der Waals surface area contributed by atoms with Crippen molar-refractivity contribution < 1.29 is 49.3 Å². The molecule has 0 heterocycles. The fraction of sp³-hybridized carbons (Fsp3) is 0.500. The van der Waals surface area contributed by atoms with Gasteiger partial charge in [-0.2, -0.15) is 0 Å². The Bertz CT molecular complexity index is 297. The Morgan fingerprint density at radius 1 is 0.900 bits per heavy atom. The first-order valence-electron chi connectivity index (χ1n) is 4.89. The van der Waals surface area contributed by atoms with E-state index in [1.165, 1.54) is 0 Å². The largest absolute Gasteiger partial charge is 0.478 e. The summed E-state index contributed by atoms with van der Waals surface area (Å²) in [6.07, 6.45) is 1.12. The number of carboxylic acids is 2. The average Bonchev–Trinajstić information content (AvgIpc) is 2.26. The zero-order valence-electron chi connectivity index (χ0n) is 10.3.